The van der Waals surface area contributed by atoms with Crippen molar-refractivity contribution in [3.8, 4) is 5.75 Å². The smallest absolute Gasteiger partial charge is 0.344 e. The topological polar surface area (TPSA) is 52.6 Å². The minimum atomic E-state index is -0.402. The van der Waals surface area contributed by atoms with Crippen molar-refractivity contribution in [1.29, 1.82) is 0 Å². The van der Waals surface area contributed by atoms with Crippen molar-refractivity contribution < 1.29 is 19.1 Å². The fourth-order valence-corrected chi connectivity index (χ4v) is 4.37. The second-order valence-corrected chi connectivity index (χ2v) is 7.78. The lowest BCUT2D eigenvalue weighted by Gasteiger charge is -2.10. The van der Waals surface area contributed by atoms with Crippen molar-refractivity contribution >= 4 is 33.2 Å². The summed E-state index contributed by atoms with van der Waals surface area (Å²) in [5.41, 5.74) is 2.76. The molecule has 1 heterocycles. The van der Waals surface area contributed by atoms with Crippen LogP contribution in [0, 0.1) is 13.8 Å². The van der Waals surface area contributed by atoms with Crippen LogP contribution in [0.4, 0.5) is 0 Å². The number of ketones is 1. The van der Waals surface area contributed by atoms with E-state index in [2.05, 4.69) is 19.1 Å². The molecule has 28 heavy (non-hydrogen) atoms. The van der Waals surface area contributed by atoms with Crippen LogP contribution in [0.15, 0.2) is 42.5 Å². The van der Waals surface area contributed by atoms with E-state index in [1.165, 1.54) is 20.5 Å². The Bertz CT molecular complexity index is 1000. The van der Waals surface area contributed by atoms with Crippen LogP contribution in [-0.2, 0) is 16.0 Å². The third kappa shape index (κ3) is 4.60. The van der Waals surface area contributed by atoms with Gasteiger partial charge in [-0.15, -0.1) is 11.3 Å². The first-order chi connectivity index (χ1) is 13.5. The van der Waals surface area contributed by atoms with Crippen LogP contribution in [-0.4, -0.2) is 25.0 Å². The Balaban J connectivity index is 1.63. The Morgan fingerprint density at radius 2 is 1.86 bits per heavy atom. The number of ether oxygens (including phenoxy) is 2. The van der Waals surface area contributed by atoms with Gasteiger partial charge in [-0.25, -0.2) is 4.79 Å². The van der Waals surface area contributed by atoms with Crippen LogP contribution < -0.4 is 4.74 Å². The Kier molecular flexibility index (Phi) is 6.47. The predicted octanol–water partition coefficient (Wildman–Crippen LogP) is 5.28. The Hall–Kier alpha value is -2.66. The number of thiophene rings is 1. The monoisotopic (exact) mass is 396 g/mol. The third-order valence-electron chi connectivity index (χ3n) is 4.67. The van der Waals surface area contributed by atoms with E-state index in [0.29, 0.717) is 24.3 Å². The molecule has 0 unspecified atom stereocenters. The van der Waals surface area contributed by atoms with Gasteiger partial charge in [-0.1, -0.05) is 18.2 Å². The van der Waals surface area contributed by atoms with Crippen LogP contribution in [0.25, 0.3) is 10.1 Å². The van der Waals surface area contributed by atoms with Crippen LogP contribution in [0.2, 0.25) is 0 Å². The number of esters is 1. The number of fused-ring (bicyclic) bond motifs is 1. The normalized spacial score (nSPS) is 10.8. The number of rotatable bonds is 8. The molecule has 4 nitrogen and oxygen atoms in total. The molecule has 146 valence electrons. The minimum Gasteiger partial charge on any atom is -0.482 e. The molecule has 0 aliphatic heterocycles. The van der Waals surface area contributed by atoms with Gasteiger partial charge in [-0.3, -0.25) is 4.79 Å². The van der Waals surface area contributed by atoms with E-state index in [1.54, 1.807) is 30.4 Å². The molecule has 1 aromatic heterocycles. The summed E-state index contributed by atoms with van der Waals surface area (Å²) in [4.78, 5) is 25.3. The molecule has 0 aliphatic rings. The van der Waals surface area contributed by atoms with Crippen molar-refractivity contribution in [3.63, 3.8) is 0 Å². The summed E-state index contributed by atoms with van der Waals surface area (Å²) >= 11 is 1.76. The quantitative estimate of drug-likeness (QED) is 0.384. The van der Waals surface area contributed by atoms with Crippen LogP contribution in [0.3, 0.4) is 0 Å². The number of carbonyl (C=O) groups excluding carboxylic acids is 2. The molecule has 5 heteroatoms. The molecule has 3 aromatic rings. The molecule has 0 radical (unpaired) electrons. The molecule has 0 aliphatic carbocycles. The third-order valence-corrected chi connectivity index (χ3v) is 6.00. The summed E-state index contributed by atoms with van der Waals surface area (Å²) in [6, 6.07) is 13.7. The van der Waals surface area contributed by atoms with Gasteiger partial charge < -0.3 is 9.47 Å². The summed E-state index contributed by atoms with van der Waals surface area (Å²) in [6.45, 7) is 5.94. The van der Waals surface area contributed by atoms with Gasteiger partial charge in [-0.2, -0.15) is 0 Å². The second kappa shape index (κ2) is 9.02. The summed E-state index contributed by atoms with van der Waals surface area (Å²) in [5, 5.41) is 1.27. The SMILES string of the molecule is CCOC(=O)COc1ccc(C(=O)CCc2sc3ccccc3c2C)cc1C. The summed E-state index contributed by atoms with van der Waals surface area (Å²) < 4.78 is 11.6. The number of hydrogen-bond acceptors (Lipinski definition) is 5. The summed E-state index contributed by atoms with van der Waals surface area (Å²) in [5.74, 6) is 0.294. The summed E-state index contributed by atoms with van der Waals surface area (Å²) in [6.07, 6.45) is 1.21. The molecular weight excluding hydrogens is 372 g/mol. The van der Waals surface area contributed by atoms with Gasteiger partial charge in [0.15, 0.2) is 12.4 Å². The van der Waals surface area contributed by atoms with Gasteiger partial charge in [0.2, 0.25) is 0 Å². The van der Waals surface area contributed by atoms with E-state index < -0.39 is 5.97 Å². The van der Waals surface area contributed by atoms with E-state index >= 15 is 0 Å². The second-order valence-electron chi connectivity index (χ2n) is 6.64. The minimum absolute atomic E-state index is 0.108. The highest BCUT2D eigenvalue weighted by Crippen LogP contribution is 2.31. The maximum absolute atomic E-state index is 12.6. The van der Waals surface area contributed by atoms with Gasteiger partial charge in [0, 0.05) is 21.6 Å². The molecule has 0 bridgehead atoms. The van der Waals surface area contributed by atoms with Gasteiger partial charge in [-0.05, 0) is 68.0 Å². The van der Waals surface area contributed by atoms with Gasteiger partial charge >= 0.3 is 5.97 Å². The van der Waals surface area contributed by atoms with E-state index in [0.717, 1.165) is 12.0 Å². The van der Waals surface area contributed by atoms with E-state index in [-0.39, 0.29) is 12.4 Å². The fourth-order valence-electron chi connectivity index (χ4n) is 3.16. The van der Waals surface area contributed by atoms with Crippen molar-refractivity contribution in [3.05, 3.63) is 64.0 Å². The molecule has 3 rings (SSSR count). The van der Waals surface area contributed by atoms with Crippen molar-refractivity contribution in [2.45, 2.75) is 33.6 Å². The molecule has 0 spiro atoms. The van der Waals surface area contributed by atoms with E-state index in [4.69, 9.17) is 9.47 Å². The number of hydrogen-bond donors (Lipinski definition) is 0. The highest BCUT2D eigenvalue weighted by Gasteiger charge is 2.13. The predicted molar refractivity (Wildman–Crippen MR) is 113 cm³/mol. The zero-order valence-electron chi connectivity index (χ0n) is 16.4. The first-order valence-electron chi connectivity index (χ1n) is 9.39. The van der Waals surface area contributed by atoms with Crippen LogP contribution in [0.5, 0.6) is 5.75 Å². The molecule has 0 saturated carbocycles. The van der Waals surface area contributed by atoms with Gasteiger partial charge in [0.1, 0.15) is 5.75 Å². The molecule has 0 amide bonds. The highest BCUT2D eigenvalue weighted by atomic mass is 32.1. The van der Waals surface area contributed by atoms with Crippen molar-refractivity contribution in [2.24, 2.45) is 0 Å². The molecule has 0 saturated heterocycles. The number of aryl methyl sites for hydroxylation is 3. The number of Topliss-reactive ketones (excluding diaryl/α,β-unsaturated/α-hetero) is 1. The van der Waals surface area contributed by atoms with Gasteiger partial charge in [0.25, 0.3) is 0 Å². The maximum Gasteiger partial charge on any atom is 0.344 e. The average molecular weight is 397 g/mol. The lowest BCUT2D eigenvalue weighted by molar-refractivity contribution is -0.145. The molecule has 2 aromatic carbocycles. The average Bonchev–Trinajstić information content (AvgIpc) is 3.01. The lowest BCUT2D eigenvalue weighted by Crippen LogP contribution is -2.15. The zero-order valence-corrected chi connectivity index (χ0v) is 17.2. The lowest BCUT2D eigenvalue weighted by atomic mass is 10.0. The Labute approximate surface area is 169 Å². The van der Waals surface area contributed by atoms with E-state index in [1.807, 2.05) is 25.1 Å². The first-order valence-corrected chi connectivity index (χ1v) is 10.2. The molecule has 0 atom stereocenters. The van der Waals surface area contributed by atoms with Crippen molar-refractivity contribution in [1.82, 2.24) is 0 Å². The zero-order chi connectivity index (χ0) is 20.1. The Morgan fingerprint density at radius 1 is 1.07 bits per heavy atom. The van der Waals surface area contributed by atoms with Crippen molar-refractivity contribution in [2.75, 3.05) is 13.2 Å². The first kappa shape index (κ1) is 20.1. The standard InChI is InChI=1S/C23H24O4S/c1-4-26-23(25)14-27-20-11-9-17(13-15(20)2)19(24)10-12-21-16(3)18-7-5-6-8-22(18)28-21/h5-9,11,13H,4,10,12,14H2,1-3H3. The van der Waals surface area contributed by atoms with Gasteiger partial charge in [0.05, 0.1) is 6.61 Å². The highest BCUT2D eigenvalue weighted by molar-refractivity contribution is 7.19. The molecule has 0 fully saturated rings. The van der Waals surface area contributed by atoms with E-state index in [9.17, 15) is 9.59 Å². The number of benzene rings is 2. The molecule has 0 N–H and O–H groups in total. The largest absolute Gasteiger partial charge is 0.482 e. The van der Waals surface area contributed by atoms with Crippen LogP contribution in [0.1, 0.15) is 39.7 Å². The maximum atomic E-state index is 12.6. The molecular formula is C23H24O4S. The summed E-state index contributed by atoms with van der Waals surface area (Å²) in [7, 11) is 0. The van der Waals surface area contributed by atoms with Crippen LogP contribution >= 0.6 is 11.3 Å². The fraction of sp³-hybridized carbons (Fsp3) is 0.304. The Morgan fingerprint density at radius 3 is 2.57 bits per heavy atom. The number of carbonyl (C=O) groups is 2.